The average Bonchev–Trinajstić information content (AvgIpc) is 3.00. The van der Waals surface area contributed by atoms with Crippen LogP contribution in [0.3, 0.4) is 0 Å². The number of carbonyl (C=O) groups excluding carboxylic acids is 3. The summed E-state index contributed by atoms with van der Waals surface area (Å²) in [6.07, 6.45) is 2.99. The molecule has 1 saturated carbocycles. The van der Waals surface area contributed by atoms with Crippen LogP contribution < -0.4 is 5.32 Å². The molecule has 2 bridgehead atoms. The summed E-state index contributed by atoms with van der Waals surface area (Å²) >= 11 is 1.30. The summed E-state index contributed by atoms with van der Waals surface area (Å²) in [5.74, 6) is -1.04. The second kappa shape index (κ2) is 4.87. The Bertz CT molecular complexity index is 640. The number of anilines is 1. The summed E-state index contributed by atoms with van der Waals surface area (Å²) < 4.78 is 0. The minimum absolute atomic E-state index is 0.192. The van der Waals surface area contributed by atoms with Crippen molar-refractivity contribution in [1.82, 2.24) is 9.88 Å². The molecule has 6 nitrogen and oxygen atoms in total. The molecule has 2 unspecified atom stereocenters. The van der Waals surface area contributed by atoms with Gasteiger partial charge in [-0.25, -0.2) is 4.98 Å². The van der Waals surface area contributed by atoms with Gasteiger partial charge in [-0.3, -0.25) is 19.3 Å². The van der Waals surface area contributed by atoms with Crippen LogP contribution in [0.1, 0.15) is 33.6 Å². The fourth-order valence-electron chi connectivity index (χ4n) is 3.64. The molecular weight excluding hydrogens is 302 g/mol. The van der Waals surface area contributed by atoms with E-state index in [1.165, 1.54) is 11.3 Å². The molecule has 1 aliphatic carbocycles. The van der Waals surface area contributed by atoms with E-state index in [1.54, 1.807) is 11.6 Å². The molecule has 1 aromatic heterocycles. The number of hydrogen-bond acceptors (Lipinski definition) is 5. The van der Waals surface area contributed by atoms with E-state index in [0.29, 0.717) is 18.0 Å². The third-order valence-electron chi connectivity index (χ3n) is 5.49. The van der Waals surface area contributed by atoms with E-state index in [2.05, 4.69) is 10.3 Å². The Balaban J connectivity index is 1.79. The molecule has 2 aliphatic rings. The maximum absolute atomic E-state index is 12.8. The maximum atomic E-state index is 12.8. The summed E-state index contributed by atoms with van der Waals surface area (Å²) in [5.41, 5.74) is -0.934. The van der Waals surface area contributed by atoms with Gasteiger partial charge in [0.2, 0.25) is 17.7 Å². The van der Waals surface area contributed by atoms with Crippen LogP contribution in [0.15, 0.2) is 11.6 Å². The van der Waals surface area contributed by atoms with Crippen molar-refractivity contribution in [2.75, 3.05) is 11.9 Å². The largest absolute Gasteiger partial charge is 0.300 e. The van der Waals surface area contributed by atoms with E-state index >= 15 is 0 Å². The summed E-state index contributed by atoms with van der Waals surface area (Å²) in [6, 6.07) is 0. The highest BCUT2D eigenvalue weighted by molar-refractivity contribution is 7.13. The van der Waals surface area contributed by atoms with Crippen molar-refractivity contribution in [3.8, 4) is 0 Å². The summed E-state index contributed by atoms with van der Waals surface area (Å²) in [7, 11) is 0. The van der Waals surface area contributed by atoms with Gasteiger partial charge in [0.15, 0.2) is 5.13 Å². The number of piperidine rings is 1. The summed E-state index contributed by atoms with van der Waals surface area (Å²) in [5, 5.41) is 4.83. The fraction of sp³-hybridized carbons (Fsp3) is 0.600. The van der Waals surface area contributed by atoms with Gasteiger partial charge >= 0.3 is 0 Å². The molecule has 2 fully saturated rings. The highest BCUT2D eigenvalue weighted by atomic mass is 32.1. The molecule has 1 saturated heterocycles. The number of hydrogen-bond donors (Lipinski definition) is 1. The number of imide groups is 1. The van der Waals surface area contributed by atoms with Crippen LogP contribution in [0.25, 0.3) is 0 Å². The van der Waals surface area contributed by atoms with Gasteiger partial charge in [0.1, 0.15) is 6.54 Å². The van der Waals surface area contributed by atoms with E-state index in [1.807, 2.05) is 20.8 Å². The van der Waals surface area contributed by atoms with Crippen LogP contribution in [-0.2, 0) is 14.4 Å². The molecule has 0 spiro atoms. The van der Waals surface area contributed by atoms with Crippen LogP contribution in [0.4, 0.5) is 5.13 Å². The van der Waals surface area contributed by atoms with Gasteiger partial charge in [-0.15, -0.1) is 11.3 Å². The van der Waals surface area contributed by atoms with Gasteiger partial charge in [0.05, 0.1) is 5.41 Å². The molecular formula is C15H19N3O3S. The fourth-order valence-corrected chi connectivity index (χ4v) is 4.18. The number of amides is 3. The zero-order valence-corrected chi connectivity index (χ0v) is 13.7. The number of nitrogens with zero attached hydrogens (tertiary/aromatic N) is 2. The Morgan fingerprint density at radius 1 is 1.45 bits per heavy atom. The number of thiazole rings is 1. The molecule has 0 aromatic carbocycles. The molecule has 3 rings (SSSR count). The Hall–Kier alpha value is -1.76. The first kappa shape index (κ1) is 15.1. The van der Waals surface area contributed by atoms with Crippen molar-refractivity contribution < 1.29 is 14.4 Å². The highest BCUT2D eigenvalue weighted by Crippen LogP contribution is 2.59. The molecule has 22 heavy (non-hydrogen) atoms. The smallest absolute Gasteiger partial charge is 0.246 e. The van der Waals surface area contributed by atoms with Crippen LogP contribution in [0.5, 0.6) is 0 Å². The normalized spacial score (nSPS) is 29.8. The minimum atomic E-state index is -0.576. The lowest BCUT2D eigenvalue weighted by Crippen LogP contribution is -2.60. The van der Waals surface area contributed by atoms with Gasteiger partial charge in [0.25, 0.3) is 0 Å². The number of likely N-dealkylation sites (tertiary alicyclic amines) is 1. The van der Waals surface area contributed by atoms with Crippen molar-refractivity contribution in [2.45, 2.75) is 33.6 Å². The number of aromatic nitrogens is 1. The molecule has 7 heteroatoms. The third kappa shape index (κ3) is 1.99. The van der Waals surface area contributed by atoms with E-state index in [-0.39, 0.29) is 35.6 Å². The standard InChI is InChI=1S/C15H19N3O3S/c1-14(2)9-4-5-15(14,3)12(21)18(11(9)20)8-10(19)17-13-16-6-7-22-13/h6-7,9H,4-5,8H2,1-3H3,(H,16,17,19). The first-order valence-corrected chi connectivity index (χ1v) is 8.20. The first-order chi connectivity index (χ1) is 10.3. The first-order valence-electron chi connectivity index (χ1n) is 7.32. The van der Waals surface area contributed by atoms with Gasteiger partial charge in [0, 0.05) is 17.5 Å². The van der Waals surface area contributed by atoms with E-state index in [0.717, 1.165) is 4.90 Å². The predicted molar refractivity (Wildman–Crippen MR) is 82.1 cm³/mol. The third-order valence-corrected chi connectivity index (χ3v) is 6.18. The van der Waals surface area contributed by atoms with Gasteiger partial charge in [-0.2, -0.15) is 0 Å². The molecule has 1 aliphatic heterocycles. The maximum Gasteiger partial charge on any atom is 0.246 e. The topological polar surface area (TPSA) is 79.4 Å². The van der Waals surface area contributed by atoms with Crippen molar-refractivity contribution in [3.63, 3.8) is 0 Å². The van der Waals surface area contributed by atoms with Crippen molar-refractivity contribution in [3.05, 3.63) is 11.6 Å². The number of carbonyl (C=O) groups is 3. The second-order valence-corrected chi connectivity index (χ2v) is 7.65. The Kier molecular flexibility index (Phi) is 3.36. The number of rotatable bonds is 3. The van der Waals surface area contributed by atoms with Crippen LogP contribution in [0, 0.1) is 16.7 Å². The zero-order chi connectivity index (χ0) is 16.1. The average molecular weight is 321 g/mol. The molecule has 118 valence electrons. The highest BCUT2D eigenvalue weighted by Gasteiger charge is 2.64. The van der Waals surface area contributed by atoms with Crippen LogP contribution >= 0.6 is 11.3 Å². The van der Waals surface area contributed by atoms with E-state index in [4.69, 9.17) is 0 Å². The van der Waals surface area contributed by atoms with Crippen molar-refractivity contribution in [1.29, 1.82) is 0 Å². The van der Waals surface area contributed by atoms with Gasteiger partial charge in [-0.1, -0.05) is 20.8 Å². The minimum Gasteiger partial charge on any atom is -0.300 e. The summed E-state index contributed by atoms with van der Waals surface area (Å²) in [4.78, 5) is 42.6. The van der Waals surface area contributed by atoms with Crippen LogP contribution in [0.2, 0.25) is 0 Å². The Morgan fingerprint density at radius 3 is 2.82 bits per heavy atom. The van der Waals surface area contributed by atoms with E-state index < -0.39 is 5.41 Å². The molecule has 3 amide bonds. The SMILES string of the molecule is CC12CCC(C(=O)N(CC(=O)Nc3nccs3)C1=O)C2(C)C. The second-order valence-electron chi connectivity index (χ2n) is 6.76. The molecule has 1 N–H and O–H groups in total. The lowest BCUT2D eigenvalue weighted by molar-refractivity contribution is -0.168. The Morgan fingerprint density at radius 2 is 2.18 bits per heavy atom. The number of fused-ring (bicyclic) bond motifs is 2. The van der Waals surface area contributed by atoms with Crippen molar-refractivity contribution >= 4 is 34.2 Å². The summed E-state index contributed by atoms with van der Waals surface area (Å²) in [6.45, 7) is 5.63. The van der Waals surface area contributed by atoms with Crippen LogP contribution in [-0.4, -0.2) is 34.2 Å². The van der Waals surface area contributed by atoms with E-state index in [9.17, 15) is 14.4 Å². The molecule has 0 radical (unpaired) electrons. The van der Waals surface area contributed by atoms with Gasteiger partial charge < -0.3 is 5.32 Å². The lowest BCUT2D eigenvalue weighted by Gasteiger charge is -2.47. The quantitative estimate of drug-likeness (QED) is 0.862. The van der Waals surface area contributed by atoms with Gasteiger partial charge in [-0.05, 0) is 18.3 Å². The predicted octanol–water partition coefficient (Wildman–Crippen LogP) is 1.89. The molecule has 2 atom stereocenters. The monoisotopic (exact) mass is 321 g/mol. The molecule has 1 aromatic rings. The molecule has 2 heterocycles. The lowest BCUT2D eigenvalue weighted by atomic mass is 9.62. The Labute approximate surface area is 132 Å². The zero-order valence-electron chi connectivity index (χ0n) is 12.9. The number of nitrogens with one attached hydrogen (secondary N) is 1. The van der Waals surface area contributed by atoms with Crippen molar-refractivity contribution in [2.24, 2.45) is 16.7 Å².